The summed E-state index contributed by atoms with van der Waals surface area (Å²) in [5.41, 5.74) is -0.150. The van der Waals surface area contributed by atoms with Crippen molar-refractivity contribution in [2.45, 2.75) is 39.7 Å². The Morgan fingerprint density at radius 2 is 1.89 bits per heavy atom. The Morgan fingerprint density at radius 3 is 2.48 bits per heavy atom. The fourth-order valence-electron chi connectivity index (χ4n) is 2.53. The minimum Gasteiger partial charge on any atom is -0.465 e. The van der Waals surface area contributed by atoms with Crippen LogP contribution < -0.4 is 5.32 Å². The van der Waals surface area contributed by atoms with Crippen LogP contribution in [-0.2, 0) is 19.2 Å². The third kappa shape index (κ3) is 5.30. The number of carbonyl (C=O) groups is 3. The van der Waals surface area contributed by atoms with Crippen molar-refractivity contribution in [1.82, 2.24) is 5.06 Å². The maximum atomic E-state index is 12.8. The van der Waals surface area contributed by atoms with Crippen LogP contribution >= 0.6 is 31.9 Å². The van der Waals surface area contributed by atoms with E-state index in [1.807, 2.05) is 0 Å². The van der Waals surface area contributed by atoms with Gasteiger partial charge in [-0.15, -0.1) is 5.06 Å². The molecule has 1 aromatic rings. The van der Waals surface area contributed by atoms with E-state index >= 15 is 0 Å². The summed E-state index contributed by atoms with van der Waals surface area (Å²) in [4.78, 5) is 42.5. The van der Waals surface area contributed by atoms with Gasteiger partial charge in [0, 0.05) is 15.5 Å². The van der Waals surface area contributed by atoms with Gasteiger partial charge in [0.1, 0.15) is 6.04 Å². The Labute approximate surface area is 175 Å². The van der Waals surface area contributed by atoms with Crippen LogP contribution in [0.15, 0.2) is 21.1 Å². The van der Waals surface area contributed by atoms with Crippen LogP contribution in [0.5, 0.6) is 0 Å². The average molecular weight is 506 g/mol. The minimum absolute atomic E-state index is 0.211. The SMILES string of the molecule is COC(=O)c1cc(Br)cc(Br)c1NC(=O)[C@@H]1CCCN1OC(=O)C(C)(C)C. The molecule has 1 aliphatic heterocycles. The number of nitrogens with one attached hydrogen (secondary N) is 1. The molecule has 0 spiro atoms. The third-order valence-corrected chi connectivity index (χ3v) is 5.11. The molecular weight excluding hydrogens is 484 g/mol. The number of hydrogen-bond acceptors (Lipinski definition) is 6. The summed E-state index contributed by atoms with van der Waals surface area (Å²) in [5, 5.41) is 4.17. The van der Waals surface area contributed by atoms with E-state index in [1.165, 1.54) is 12.2 Å². The summed E-state index contributed by atoms with van der Waals surface area (Å²) in [5.74, 6) is -1.33. The predicted molar refractivity (Wildman–Crippen MR) is 107 cm³/mol. The Hall–Kier alpha value is -1.45. The van der Waals surface area contributed by atoms with Crippen LogP contribution in [0.2, 0.25) is 0 Å². The molecule has 1 atom stereocenters. The first-order valence-electron chi connectivity index (χ1n) is 8.42. The van der Waals surface area contributed by atoms with Gasteiger partial charge >= 0.3 is 11.9 Å². The van der Waals surface area contributed by atoms with Crippen molar-refractivity contribution in [2.75, 3.05) is 19.0 Å². The highest BCUT2D eigenvalue weighted by Crippen LogP contribution is 2.32. The molecule has 1 saturated heterocycles. The monoisotopic (exact) mass is 504 g/mol. The van der Waals surface area contributed by atoms with Gasteiger partial charge < -0.3 is 14.9 Å². The first-order chi connectivity index (χ1) is 12.5. The van der Waals surface area contributed by atoms with E-state index < -0.39 is 23.4 Å². The van der Waals surface area contributed by atoms with Gasteiger partial charge in [0.05, 0.1) is 23.8 Å². The summed E-state index contributed by atoms with van der Waals surface area (Å²) in [7, 11) is 1.27. The summed E-state index contributed by atoms with van der Waals surface area (Å²) in [6, 6.07) is 2.66. The summed E-state index contributed by atoms with van der Waals surface area (Å²) in [6.07, 6.45) is 1.27. The van der Waals surface area contributed by atoms with Crippen molar-refractivity contribution in [3.63, 3.8) is 0 Å². The highest BCUT2D eigenvalue weighted by molar-refractivity contribution is 9.11. The molecule has 0 unspecified atom stereocenters. The number of hydrogen-bond donors (Lipinski definition) is 1. The van der Waals surface area contributed by atoms with Crippen molar-refractivity contribution in [2.24, 2.45) is 5.41 Å². The molecule has 1 fully saturated rings. The highest BCUT2D eigenvalue weighted by atomic mass is 79.9. The first kappa shape index (κ1) is 21.8. The Kier molecular flexibility index (Phi) is 7.04. The normalized spacial score (nSPS) is 17.5. The molecule has 9 heteroatoms. The van der Waals surface area contributed by atoms with Crippen LogP contribution in [0.4, 0.5) is 5.69 Å². The minimum atomic E-state index is -0.670. The lowest BCUT2D eigenvalue weighted by atomic mass is 9.98. The van der Waals surface area contributed by atoms with Crippen molar-refractivity contribution in [1.29, 1.82) is 0 Å². The van der Waals surface area contributed by atoms with E-state index in [0.29, 0.717) is 27.6 Å². The molecule has 148 valence electrons. The molecule has 2 rings (SSSR count). The van der Waals surface area contributed by atoms with E-state index in [9.17, 15) is 14.4 Å². The molecule has 27 heavy (non-hydrogen) atoms. The van der Waals surface area contributed by atoms with Crippen LogP contribution in [0.3, 0.4) is 0 Å². The average Bonchev–Trinajstić information content (AvgIpc) is 3.03. The molecule has 0 radical (unpaired) electrons. The number of ether oxygens (including phenoxy) is 1. The van der Waals surface area contributed by atoms with Crippen molar-refractivity contribution in [3.8, 4) is 0 Å². The molecular formula is C18H22Br2N2O5. The van der Waals surface area contributed by atoms with Crippen molar-refractivity contribution >= 4 is 55.4 Å². The van der Waals surface area contributed by atoms with E-state index in [2.05, 4.69) is 37.2 Å². The second-order valence-electron chi connectivity index (χ2n) is 7.22. The van der Waals surface area contributed by atoms with Crippen LogP contribution in [0.1, 0.15) is 44.0 Å². The first-order valence-corrected chi connectivity index (χ1v) is 10.0. The van der Waals surface area contributed by atoms with E-state index in [-0.39, 0.29) is 11.5 Å². The van der Waals surface area contributed by atoms with E-state index in [4.69, 9.17) is 9.57 Å². The van der Waals surface area contributed by atoms with E-state index in [0.717, 1.165) is 6.42 Å². The quantitative estimate of drug-likeness (QED) is 0.624. The van der Waals surface area contributed by atoms with Crippen LogP contribution in [0.25, 0.3) is 0 Å². The fraction of sp³-hybridized carbons (Fsp3) is 0.500. The maximum absolute atomic E-state index is 12.8. The Morgan fingerprint density at radius 1 is 1.22 bits per heavy atom. The molecule has 7 nitrogen and oxygen atoms in total. The lowest BCUT2D eigenvalue weighted by Gasteiger charge is -2.26. The van der Waals surface area contributed by atoms with Gasteiger partial charge in [0.2, 0.25) is 5.91 Å². The third-order valence-electron chi connectivity index (χ3n) is 4.03. The highest BCUT2D eigenvalue weighted by Gasteiger charge is 2.37. The number of esters is 1. The summed E-state index contributed by atoms with van der Waals surface area (Å²) < 4.78 is 5.98. The number of benzene rings is 1. The fourth-order valence-corrected chi connectivity index (χ4v) is 3.86. The number of amides is 1. The number of anilines is 1. The number of halogens is 2. The molecule has 1 aliphatic rings. The molecule has 1 amide bonds. The molecule has 0 aromatic heterocycles. The lowest BCUT2D eigenvalue weighted by Crippen LogP contribution is -2.43. The predicted octanol–water partition coefficient (Wildman–Crippen LogP) is 3.91. The number of rotatable bonds is 4. The molecule has 1 N–H and O–H groups in total. The number of methoxy groups -OCH3 is 1. The topological polar surface area (TPSA) is 84.9 Å². The van der Waals surface area contributed by atoms with Gasteiger partial charge in [-0.1, -0.05) is 15.9 Å². The molecule has 0 saturated carbocycles. The van der Waals surface area contributed by atoms with Gasteiger partial charge in [0.25, 0.3) is 0 Å². The second-order valence-corrected chi connectivity index (χ2v) is 8.99. The Bertz CT molecular complexity index is 761. The smallest absolute Gasteiger partial charge is 0.340 e. The van der Waals surface area contributed by atoms with Gasteiger partial charge in [0.15, 0.2) is 0 Å². The van der Waals surface area contributed by atoms with Gasteiger partial charge in [-0.2, -0.15) is 0 Å². The zero-order chi connectivity index (χ0) is 20.4. The summed E-state index contributed by atoms with van der Waals surface area (Å²) in [6.45, 7) is 5.73. The lowest BCUT2D eigenvalue weighted by molar-refractivity contribution is -0.203. The molecule has 1 heterocycles. The van der Waals surface area contributed by atoms with Crippen LogP contribution in [-0.4, -0.2) is 42.6 Å². The largest absolute Gasteiger partial charge is 0.465 e. The zero-order valence-electron chi connectivity index (χ0n) is 15.6. The standard InChI is InChI=1S/C18H22Br2N2O5/c1-18(2,3)17(25)27-22-7-5-6-13(22)15(23)21-14-11(16(24)26-4)8-10(19)9-12(14)20/h8-9,13H,5-7H2,1-4H3,(H,21,23)/t13-/m0/s1. The molecule has 0 bridgehead atoms. The van der Waals surface area contributed by atoms with Crippen molar-refractivity contribution in [3.05, 3.63) is 26.6 Å². The van der Waals surface area contributed by atoms with Gasteiger partial charge in [-0.05, 0) is 61.7 Å². The zero-order valence-corrected chi connectivity index (χ0v) is 18.8. The Balaban J connectivity index is 2.22. The number of carbonyl (C=O) groups excluding carboxylic acids is 3. The number of nitrogens with zero attached hydrogens (tertiary/aromatic N) is 1. The maximum Gasteiger partial charge on any atom is 0.340 e. The molecule has 1 aromatic carbocycles. The van der Waals surface area contributed by atoms with Crippen molar-refractivity contribution < 1.29 is 24.0 Å². The number of hydroxylamine groups is 2. The van der Waals surface area contributed by atoms with Gasteiger partial charge in [-0.3, -0.25) is 4.79 Å². The molecule has 0 aliphatic carbocycles. The van der Waals surface area contributed by atoms with E-state index in [1.54, 1.807) is 32.9 Å². The van der Waals surface area contributed by atoms with Crippen LogP contribution in [0, 0.1) is 5.41 Å². The second kappa shape index (κ2) is 8.70. The van der Waals surface area contributed by atoms with Gasteiger partial charge in [-0.25, -0.2) is 9.59 Å². The summed E-state index contributed by atoms with van der Waals surface area (Å²) >= 11 is 6.68.